The van der Waals surface area contributed by atoms with Gasteiger partial charge in [-0.05, 0) is 11.6 Å². The summed E-state index contributed by atoms with van der Waals surface area (Å²) in [4.78, 5) is 0. The second kappa shape index (κ2) is 5.37. The fourth-order valence-electron chi connectivity index (χ4n) is 1.12. The van der Waals surface area contributed by atoms with Crippen molar-refractivity contribution in [1.82, 2.24) is 0 Å². The lowest BCUT2D eigenvalue weighted by molar-refractivity contribution is -0.715. The summed E-state index contributed by atoms with van der Waals surface area (Å²) < 4.78 is 11.5. The van der Waals surface area contributed by atoms with E-state index in [-0.39, 0.29) is 10.9 Å². The lowest BCUT2D eigenvalue weighted by atomic mass is 10.2. The number of hydrogen-bond acceptors (Lipinski definition) is 3. The van der Waals surface area contributed by atoms with Crippen molar-refractivity contribution in [3.63, 3.8) is 0 Å². The molecular weight excluding hydrogens is 214 g/mol. The van der Waals surface area contributed by atoms with Crippen molar-refractivity contribution in [2.45, 2.75) is 24.9 Å². The molecule has 0 bridgehead atoms. The Morgan fingerprint density at radius 3 is 2.60 bits per heavy atom. The first-order valence-corrected chi connectivity index (χ1v) is 6.06. The van der Waals surface area contributed by atoms with Gasteiger partial charge in [-0.1, -0.05) is 26.0 Å². The molecule has 1 aromatic carbocycles. The van der Waals surface area contributed by atoms with Gasteiger partial charge >= 0.3 is 0 Å². The normalized spacial score (nSPS) is 13.5. The molecule has 0 saturated heterocycles. The molecule has 0 heterocycles. The van der Waals surface area contributed by atoms with Crippen molar-refractivity contribution < 1.29 is 9.44 Å². The van der Waals surface area contributed by atoms with E-state index >= 15 is 0 Å². The van der Waals surface area contributed by atoms with Crippen LogP contribution in [-0.2, 0) is 16.6 Å². The molecule has 1 unspecified atom stereocenters. The van der Waals surface area contributed by atoms with Gasteiger partial charge < -0.3 is 15.6 Å². The highest BCUT2D eigenvalue weighted by atomic mass is 32.2. The Balaban J connectivity index is 2.78. The summed E-state index contributed by atoms with van der Waals surface area (Å²) in [5.74, 6) is 0.388. The Morgan fingerprint density at radius 1 is 1.40 bits per heavy atom. The Morgan fingerprint density at radius 2 is 2.07 bits per heavy atom. The van der Waals surface area contributed by atoms with Crippen molar-refractivity contribution in [2.24, 2.45) is 0 Å². The van der Waals surface area contributed by atoms with Gasteiger partial charge in [0.25, 0.3) is 0 Å². The van der Waals surface area contributed by atoms with Gasteiger partial charge in [-0.2, -0.15) is 0 Å². The Labute approximate surface area is 91.5 Å². The number of rotatable bonds is 4. The summed E-state index contributed by atoms with van der Waals surface area (Å²) in [5.41, 5.74) is 0.900. The minimum atomic E-state index is -1.20. The Hall–Kier alpha value is -0.750. The van der Waals surface area contributed by atoms with E-state index < -0.39 is 16.0 Å². The molecule has 0 aliphatic heterocycles. The number of quaternary nitrogens is 1. The summed E-state index contributed by atoms with van der Waals surface area (Å²) in [6.45, 7) is 3.75. The second-order valence-corrected chi connectivity index (χ2v) is 5.55. The molecule has 0 aliphatic carbocycles. The van der Waals surface area contributed by atoms with Crippen molar-refractivity contribution in [1.29, 1.82) is 0 Å². The van der Waals surface area contributed by atoms with Crippen molar-refractivity contribution >= 4 is 16.5 Å². The average molecular weight is 228 g/mol. The molecule has 0 fully saturated rings. The van der Waals surface area contributed by atoms with E-state index in [0.29, 0.717) is 5.75 Å². The van der Waals surface area contributed by atoms with E-state index in [1.54, 1.807) is 12.1 Å². The van der Waals surface area contributed by atoms with Crippen LogP contribution in [-0.4, -0.2) is 9.46 Å². The van der Waals surface area contributed by atoms with Crippen LogP contribution >= 0.6 is 0 Å². The van der Waals surface area contributed by atoms with Crippen LogP contribution in [0, 0.1) is 10.4 Å². The van der Waals surface area contributed by atoms with Crippen LogP contribution in [0.4, 0.5) is 5.69 Å². The maximum Gasteiger partial charge on any atom is 0.131 e. The third-order valence-corrected chi connectivity index (χ3v) is 3.67. The molecule has 0 aliphatic rings. The molecule has 0 aromatic heterocycles. The number of nitrogens with one attached hydrogen (secondary N) is 1. The molecule has 1 N–H and O–H groups in total. The van der Waals surface area contributed by atoms with E-state index in [1.165, 1.54) is 12.1 Å². The van der Waals surface area contributed by atoms with Gasteiger partial charge in [0, 0.05) is 27.9 Å². The van der Waals surface area contributed by atoms with Gasteiger partial charge in [-0.3, -0.25) is 4.21 Å². The first kappa shape index (κ1) is 12.3. The first-order chi connectivity index (χ1) is 7.00. The summed E-state index contributed by atoms with van der Waals surface area (Å²) in [6, 6.07) is 6.39. The average Bonchev–Trinajstić information content (AvgIpc) is 2.18. The minimum absolute atomic E-state index is 0.0802. The zero-order valence-corrected chi connectivity index (χ0v) is 9.54. The zero-order chi connectivity index (χ0) is 11.4. The lowest BCUT2D eigenvalue weighted by Crippen LogP contribution is -2.96. The molecular formula is C10H14NO3S-. The number of benzene rings is 1. The van der Waals surface area contributed by atoms with Crippen LogP contribution in [0.15, 0.2) is 24.3 Å². The van der Waals surface area contributed by atoms with E-state index in [4.69, 9.17) is 0 Å². The number of hydrogen-bond donors (Lipinski definition) is 1. The van der Waals surface area contributed by atoms with Crippen LogP contribution in [0.2, 0.25) is 0 Å². The third kappa shape index (κ3) is 3.71. The van der Waals surface area contributed by atoms with Crippen LogP contribution in [0.1, 0.15) is 19.4 Å². The van der Waals surface area contributed by atoms with Gasteiger partial charge in [-0.15, -0.1) is 0 Å². The Kier molecular flexibility index (Phi) is 4.41. The van der Waals surface area contributed by atoms with Gasteiger partial charge in [0.05, 0.1) is 0 Å². The first-order valence-electron chi connectivity index (χ1n) is 4.68. The molecule has 0 spiro atoms. The van der Waals surface area contributed by atoms with Crippen LogP contribution in [0.5, 0.6) is 0 Å². The molecule has 1 atom stereocenters. The molecule has 1 rings (SSSR count). The van der Waals surface area contributed by atoms with Crippen LogP contribution in [0.25, 0.3) is 0 Å². The Bertz CT molecular complexity index is 352. The molecule has 84 valence electrons. The fourth-order valence-corrected chi connectivity index (χ4v) is 1.96. The van der Waals surface area contributed by atoms with Gasteiger partial charge in [-0.25, -0.2) is 0 Å². The topological polar surface area (TPSA) is 67.6 Å². The van der Waals surface area contributed by atoms with Crippen molar-refractivity contribution in [3.05, 3.63) is 40.2 Å². The maximum absolute atomic E-state index is 11.5. The fraction of sp³-hybridized carbons (Fsp3) is 0.400. The summed E-state index contributed by atoms with van der Waals surface area (Å²) in [5, 5.41) is 20.1. The zero-order valence-electron chi connectivity index (χ0n) is 8.73. The third-order valence-electron chi connectivity index (χ3n) is 2.00. The molecule has 5 heteroatoms. The predicted octanol–water partition coefficient (Wildman–Crippen LogP) is 0.856. The summed E-state index contributed by atoms with van der Waals surface area (Å²) >= 11 is 0. The van der Waals surface area contributed by atoms with E-state index in [1.807, 2.05) is 13.8 Å². The molecule has 0 amide bonds. The van der Waals surface area contributed by atoms with E-state index in [9.17, 15) is 14.6 Å². The van der Waals surface area contributed by atoms with Crippen molar-refractivity contribution in [3.8, 4) is 0 Å². The van der Waals surface area contributed by atoms with Gasteiger partial charge in [0.15, 0.2) is 0 Å². The van der Waals surface area contributed by atoms with Crippen LogP contribution < -0.4 is 5.23 Å². The molecule has 1 aromatic rings. The summed E-state index contributed by atoms with van der Waals surface area (Å²) in [7, 11) is -0.958. The SMILES string of the molecule is CC(C)S(=O)Cc1cccc([NH+]([O-])[O-])c1. The molecule has 15 heavy (non-hydrogen) atoms. The van der Waals surface area contributed by atoms with Gasteiger partial charge in [0.2, 0.25) is 0 Å². The van der Waals surface area contributed by atoms with E-state index in [2.05, 4.69) is 0 Å². The van der Waals surface area contributed by atoms with Crippen molar-refractivity contribution in [2.75, 3.05) is 0 Å². The quantitative estimate of drug-likeness (QED) is 0.777. The lowest BCUT2D eigenvalue weighted by Gasteiger charge is -2.24. The highest BCUT2D eigenvalue weighted by molar-refractivity contribution is 7.84. The minimum Gasteiger partial charge on any atom is -0.628 e. The highest BCUT2D eigenvalue weighted by Crippen LogP contribution is 2.10. The maximum atomic E-state index is 11.5. The largest absolute Gasteiger partial charge is 0.628 e. The smallest absolute Gasteiger partial charge is 0.131 e. The second-order valence-electron chi connectivity index (χ2n) is 3.56. The monoisotopic (exact) mass is 228 g/mol. The molecule has 0 radical (unpaired) electrons. The van der Waals surface area contributed by atoms with Gasteiger partial charge in [0.1, 0.15) is 5.69 Å². The standard InChI is InChI=1S/C10H14NO3S/c1-8(2)15(14)7-9-4-3-5-10(6-9)11(12)13/h3-6,8,11H,7H2,1-2H3/q-1. The molecule has 0 saturated carbocycles. The van der Waals surface area contributed by atoms with Crippen LogP contribution in [0.3, 0.4) is 0 Å². The molecule has 4 nitrogen and oxygen atoms in total. The highest BCUT2D eigenvalue weighted by Gasteiger charge is 2.07. The summed E-state index contributed by atoms with van der Waals surface area (Å²) in [6.07, 6.45) is 0. The van der Waals surface area contributed by atoms with E-state index in [0.717, 1.165) is 5.56 Å². The predicted molar refractivity (Wildman–Crippen MR) is 60.8 cm³/mol.